The molecule has 0 atom stereocenters. The minimum absolute atomic E-state index is 0.0638. The Labute approximate surface area is 134 Å². The number of rotatable bonds is 5. The molecule has 0 saturated carbocycles. The third-order valence-corrected chi connectivity index (χ3v) is 3.98. The van der Waals surface area contributed by atoms with Crippen molar-refractivity contribution < 1.29 is 23.1 Å². The highest BCUT2D eigenvalue weighted by molar-refractivity contribution is 7.99. The van der Waals surface area contributed by atoms with Crippen LogP contribution in [0.3, 0.4) is 0 Å². The highest BCUT2D eigenvalue weighted by atomic mass is 32.2. The summed E-state index contributed by atoms with van der Waals surface area (Å²) in [4.78, 5) is 12.2. The number of fused-ring (bicyclic) bond motifs is 1. The van der Waals surface area contributed by atoms with Crippen molar-refractivity contribution in [1.82, 2.24) is 10.2 Å². The fourth-order valence-corrected chi connectivity index (χ4v) is 2.71. The summed E-state index contributed by atoms with van der Waals surface area (Å²) in [6.45, 7) is 0.180. The van der Waals surface area contributed by atoms with E-state index in [1.165, 1.54) is 18.0 Å². The van der Waals surface area contributed by atoms with Crippen LogP contribution in [0, 0.1) is 0 Å². The predicted molar refractivity (Wildman–Crippen MR) is 79.6 cm³/mol. The number of hydrogen-bond acceptors (Lipinski definition) is 8. The zero-order valence-electron chi connectivity index (χ0n) is 11.7. The van der Waals surface area contributed by atoms with Crippen LogP contribution in [0.4, 0.5) is 0 Å². The molecule has 0 radical (unpaired) electrons. The summed E-state index contributed by atoms with van der Waals surface area (Å²) in [5, 5.41) is 8.07. The van der Waals surface area contributed by atoms with Gasteiger partial charge in [0, 0.05) is 5.56 Å². The maximum atomic E-state index is 12.2. The first-order valence-electron chi connectivity index (χ1n) is 6.72. The molecule has 0 saturated heterocycles. The van der Waals surface area contributed by atoms with E-state index in [0.717, 1.165) is 0 Å². The second kappa shape index (κ2) is 5.81. The molecule has 7 nitrogen and oxygen atoms in total. The molecule has 0 unspecified atom stereocenters. The van der Waals surface area contributed by atoms with Gasteiger partial charge in [-0.05, 0) is 30.3 Å². The molecule has 2 aromatic heterocycles. The molecule has 1 aliphatic heterocycles. The lowest BCUT2D eigenvalue weighted by molar-refractivity contribution is 0.102. The van der Waals surface area contributed by atoms with Crippen LogP contribution < -0.4 is 9.47 Å². The first-order valence-corrected chi connectivity index (χ1v) is 7.71. The van der Waals surface area contributed by atoms with Crippen molar-refractivity contribution in [2.45, 2.75) is 5.22 Å². The van der Waals surface area contributed by atoms with Crippen molar-refractivity contribution in [3.63, 3.8) is 0 Å². The van der Waals surface area contributed by atoms with E-state index >= 15 is 0 Å². The molecule has 116 valence electrons. The molecular formula is C15H10N2O5S. The molecule has 3 heterocycles. The number of thioether (sulfide) groups is 1. The summed E-state index contributed by atoms with van der Waals surface area (Å²) in [6.07, 6.45) is 1.52. The smallest absolute Gasteiger partial charge is 0.284 e. The summed E-state index contributed by atoms with van der Waals surface area (Å²) in [5.74, 6) is 2.12. The average Bonchev–Trinajstić information content (AvgIpc) is 3.32. The molecule has 0 aliphatic carbocycles. The minimum Gasteiger partial charge on any atom is -0.459 e. The van der Waals surface area contributed by atoms with Crippen molar-refractivity contribution in [3.05, 3.63) is 42.2 Å². The lowest BCUT2D eigenvalue weighted by Crippen LogP contribution is -2.02. The van der Waals surface area contributed by atoms with E-state index in [1.807, 2.05) is 0 Å². The standard InChI is InChI=1S/C15H10N2O5S/c18-10(9-3-4-11-13(6-9)21-8-20-11)7-23-15-17-16-14(22-15)12-2-1-5-19-12/h1-6H,7-8H2. The first kappa shape index (κ1) is 13.9. The third-order valence-electron chi connectivity index (χ3n) is 3.16. The maximum Gasteiger partial charge on any atom is 0.284 e. The second-order valence-electron chi connectivity index (χ2n) is 4.63. The van der Waals surface area contributed by atoms with Crippen molar-refractivity contribution in [2.75, 3.05) is 12.5 Å². The lowest BCUT2D eigenvalue weighted by atomic mass is 10.1. The van der Waals surface area contributed by atoms with Gasteiger partial charge in [0.15, 0.2) is 23.0 Å². The summed E-state index contributed by atoms with van der Waals surface area (Å²) >= 11 is 1.17. The number of Topliss-reactive ketones (excluding diaryl/α,β-unsaturated/α-hetero) is 1. The monoisotopic (exact) mass is 330 g/mol. The average molecular weight is 330 g/mol. The zero-order valence-corrected chi connectivity index (χ0v) is 12.5. The molecular weight excluding hydrogens is 320 g/mol. The van der Waals surface area contributed by atoms with Gasteiger partial charge in [-0.25, -0.2) is 0 Å². The number of carbonyl (C=O) groups excluding carboxylic acids is 1. The summed E-state index contributed by atoms with van der Waals surface area (Å²) < 4.78 is 21.1. The second-order valence-corrected chi connectivity index (χ2v) is 5.56. The summed E-state index contributed by atoms with van der Waals surface area (Å²) in [6, 6.07) is 8.56. The van der Waals surface area contributed by atoms with E-state index in [1.54, 1.807) is 30.3 Å². The number of ether oxygens (including phenoxy) is 2. The number of hydrogen-bond donors (Lipinski definition) is 0. The Balaban J connectivity index is 1.42. The highest BCUT2D eigenvalue weighted by Gasteiger charge is 2.17. The molecule has 0 N–H and O–H groups in total. The van der Waals surface area contributed by atoms with Gasteiger partial charge in [0.05, 0.1) is 12.0 Å². The molecule has 3 aromatic rings. The highest BCUT2D eigenvalue weighted by Crippen LogP contribution is 2.33. The Morgan fingerprint density at radius 3 is 2.96 bits per heavy atom. The molecule has 23 heavy (non-hydrogen) atoms. The molecule has 0 amide bonds. The number of furan rings is 1. The number of aromatic nitrogens is 2. The van der Waals surface area contributed by atoms with Gasteiger partial charge in [-0.15, -0.1) is 10.2 Å². The largest absolute Gasteiger partial charge is 0.459 e. The van der Waals surface area contributed by atoms with Gasteiger partial charge in [-0.3, -0.25) is 4.79 Å². The van der Waals surface area contributed by atoms with E-state index in [9.17, 15) is 4.79 Å². The van der Waals surface area contributed by atoms with Crippen LogP contribution in [0.2, 0.25) is 0 Å². The molecule has 0 spiro atoms. The maximum absolute atomic E-state index is 12.2. The number of benzene rings is 1. The lowest BCUT2D eigenvalue weighted by Gasteiger charge is -2.01. The Morgan fingerprint density at radius 1 is 1.17 bits per heavy atom. The van der Waals surface area contributed by atoms with Crippen molar-refractivity contribution >= 4 is 17.5 Å². The third kappa shape index (κ3) is 2.80. The Kier molecular flexibility index (Phi) is 3.51. The van der Waals surface area contributed by atoms with Crippen LogP contribution in [0.25, 0.3) is 11.7 Å². The van der Waals surface area contributed by atoms with Gasteiger partial charge in [-0.1, -0.05) is 11.8 Å². The predicted octanol–water partition coefficient (Wildman–Crippen LogP) is 3.03. The van der Waals surface area contributed by atoms with Gasteiger partial charge < -0.3 is 18.3 Å². The van der Waals surface area contributed by atoms with Crippen LogP contribution in [-0.2, 0) is 0 Å². The molecule has 4 rings (SSSR count). The quantitative estimate of drug-likeness (QED) is 0.521. The minimum atomic E-state index is -0.0638. The Bertz CT molecular complexity index is 843. The van der Waals surface area contributed by atoms with Gasteiger partial charge in [0.1, 0.15) is 0 Å². The van der Waals surface area contributed by atoms with E-state index in [2.05, 4.69) is 10.2 Å². The molecule has 1 aromatic carbocycles. The van der Waals surface area contributed by atoms with E-state index in [0.29, 0.717) is 28.0 Å². The van der Waals surface area contributed by atoms with Crippen LogP contribution in [0.15, 0.2) is 50.7 Å². The summed E-state index contributed by atoms with van der Waals surface area (Å²) in [5.41, 5.74) is 0.549. The van der Waals surface area contributed by atoms with E-state index in [-0.39, 0.29) is 24.2 Å². The normalized spacial score (nSPS) is 12.5. The van der Waals surface area contributed by atoms with Crippen LogP contribution >= 0.6 is 11.8 Å². The van der Waals surface area contributed by atoms with Crippen LogP contribution in [0.5, 0.6) is 11.5 Å². The van der Waals surface area contributed by atoms with Crippen molar-refractivity contribution in [1.29, 1.82) is 0 Å². The van der Waals surface area contributed by atoms with E-state index in [4.69, 9.17) is 18.3 Å². The molecule has 0 bridgehead atoms. The number of nitrogens with zero attached hydrogens (tertiary/aromatic N) is 2. The van der Waals surface area contributed by atoms with Crippen LogP contribution in [-0.4, -0.2) is 28.5 Å². The van der Waals surface area contributed by atoms with Gasteiger partial charge in [0.25, 0.3) is 11.1 Å². The fraction of sp³-hybridized carbons (Fsp3) is 0.133. The fourth-order valence-electron chi connectivity index (χ4n) is 2.05. The first-order chi connectivity index (χ1) is 11.3. The number of carbonyl (C=O) groups is 1. The van der Waals surface area contributed by atoms with Gasteiger partial charge >= 0.3 is 0 Å². The molecule has 8 heteroatoms. The summed E-state index contributed by atoms with van der Waals surface area (Å²) in [7, 11) is 0. The van der Waals surface area contributed by atoms with Crippen molar-refractivity contribution in [2.24, 2.45) is 0 Å². The zero-order chi connectivity index (χ0) is 15.6. The Morgan fingerprint density at radius 2 is 2.09 bits per heavy atom. The van der Waals surface area contributed by atoms with Crippen molar-refractivity contribution in [3.8, 4) is 23.1 Å². The van der Waals surface area contributed by atoms with Gasteiger partial charge in [-0.2, -0.15) is 0 Å². The topological polar surface area (TPSA) is 87.6 Å². The SMILES string of the molecule is O=C(CSc1nnc(-c2ccco2)o1)c1ccc2c(c1)OCO2. The Hall–Kier alpha value is -2.74. The van der Waals surface area contributed by atoms with E-state index < -0.39 is 0 Å². The number of ketones is 1. The molecule has 0 fully saturated rings. The van der Waals surface area contributed by atoms with Crippen LogP contribution in [0.1, 0.15) is 10.4 Å². The van der Waals surface area contributed by atoms with Gasteiger partial charge in [0.2, 0.25) is 6.79 Å². The molecule has 1 aliphatic rings.